The molecule has 0 atom stereocenters. The molecule has 1 aromatic carbocycles. The number of hydrogen-bond acceptors (Lipinski definition) is 2. The number of halogens is 2. The molecule has 1 aromatic rings. The zero-order chi connectivity index (χ0) is 11.8. The number of hydrogen-bond donors (Lipinski definition) is 2. The van der Waals surface area contributed by atoms with E-state index in [9.17, 15) is 9.90 Å². The van der Waals surface area contributed by atoms with Gasteiger partial charge in [-0.2, -0.15) is 0 Å². The standard InChI is InChI=1S/C11H11BrClNO2/c12-8-2-1-7(5-9(8)15)10(16)14-11(6-13)3-4-11/h1-2,5,15H,3-4,6H2,(H,14,16). The normalized spacial score (nSPS) is 16.9. The van der Waals surface area contributed by atoms with E-state index >= 15 is 0 Å². The molecule has 2 rings (SSSR count). The second-order valence-electron chi connectivity index (χ2n) is 4.03. The predicted molar refractivity (Wildman–Crippen MR) is 66.0 cm³/mol. The Morgan fingerprint density at radius 1 is 1.56 bits per heavy atom. The van der Waals surface area contributed by atoms with Gasteiger partial charge in [-0.25, -0.2) is 0 Å². The predicted octanol–water partition coefficient (Wildman–Crippen LogP) is 2.66. The molecule has 1 aliphatic rings. The second kappa shape index (κ2) is 4.26. The van der Waals surface area contributed by atoms with Gasteiger partial charge in [0.25, 0.3) is 5.91 Å². The molecular formula is C11H11BrClNO2. The van der Waals surface area contributed by atoms with Gasteiger partial charge < -0.3 is 10.4 Å². The van der Waals surface area contributed by atoms with Crippen LogP contribution in [0.2, 0.25) is 0 Å². The third-order valence-corrected chi connectivity index (χ3v) is 3.88. The molecule has 0 heterocycles. The smallest absolute Gasteiger partial charge is 0.251 e. The van der Waals surface area contributed by atoms with E-state index in [1.165, 1.54) is 6.07 Å². The van der Waals surface area contributed by atoms with E-state index in [1.807, 2.05) is 0 Å². The van der Waals surface area contributed by atoms with E-state index in [4.69, 9.17) is 11.6 Å². The van der Waals surface area contributed by atoms with E-state index in [0.717, 1.165) is 12.8 Å². The topological polar surface area (TPSA) is 49.3 Å². The molecule has 1 amide bonds. The summed E-state index contributed by atoms with van der Waals surface area (Å²) in [6.07, 6.45) is 1.84. The third-order valence-electron chi connectivity index (χ3n) is 2.70. The van der Waals surface area contributed by atoms with Gasteiger partial charge in [-0.05, 0) is 47.0 Å². The van der Waals surface area contributed by atoms with Crippen molar-refractivity contribution in [2.24, 2.45) is 0 Å². The molecule has 1 saturated carbocycles. The number of carbonyl (C=O) groups excluding carboxylic acids is 1. The Bertz CT molecular complexity index is 432. The van der Waals surface area contributed by atoms with Gasteiger partial charge in [0.1, 0.15) is 5.75 Å². The van der Waals surface area contributed by atoms with Crippen LogP contribution in [0.5, 0.6) is 5.75 Å². The lowest BCUT2D eigenvalue weighted by molar-refractivity contribution is 0.0935. The summed E-state index contributed by atoms with van der Waals surface area (Å²) in [7, 11) is 0. The van der Waals surface area contributed by atoms with Crippen LogP contribution in [-0.2, 0) is 0 Å². The van der Waals surface area contributed by atoms with Gasteiger partial charge in [0.05, 0.1) is 10.0 Å². The SMILES string of the molecule is O=C(NC1(CCl)CC1)c1ccc(Br)c(O)c1. The van der Waals surface area contributed by atoms with Crippen LogP contribution < -0.4 is 5.32 Å². The van der Waals surface area contributed by atoms with Crippen LogP contribution >= 0.6 is 27.5 Å². The van der Waals surface area contributed by atoms with Crippen LogP contribution in [0.3, 0.4) is 0 Å². The van der Waals surface area contributed by atoms with Gasteiger partial charge in [-0.1, -0.05) is 0 Å². The van der Waals surface area contributed by atoms with Crippen molar-refractivity contribution in [3.8, 4) is 5.75 Å². The van der Waals surface area contributed by atoms with Gasteiger partial charge in [-0.3, -0.25) is 4.79 Å². The van der Waals surface area contributed by atoms with Crippen molar-refractivity contribution >= 4 is 33.4 Å². The minimum Gasteiger partial charge on any atom is -0.507 e. The van der Waals surface area contributed by atoms with Crippen molar-refractivity contribution < 1.29 is 9.90 Å². The Hall–Kier alpha value is -0.740. The van der Waals surface area contributed by atoms with Crippen molar-refractivity contribution in [3.05, 3.63) is 28.2 Å². The molecule has 0 spiro atoms. The summed E-state index contributed by atoms with van der Waals surface area (Å²) in [4.78, 5) is 11.8. The average molecular weight is 305 g/mol. The summed E-state index contributed by atoms with van der Waals surface area (Å²) in [5.41, 5.74) is 0.221. The number of benzene rings is 1. The first-order chi connectivity index (χ1) is 7.56. The minimum atomic E-state index is -0.221. The minimum absolute atomic E-state index is 0.0587. The molecule has 1 aliphatic carbocycles. The fraction of sp³-hybridized carbons (Fsp3) is 0.364. The number of phenolic OH excluding ortho intramolecular Hbond substituents is 1. The van der Waals surface area contributed by atoms with Crippen molar-refractivity contribution in [2.45, 2.75) is 18.4 Å². The first-order valence-electron chi connectivity index (χ1n) is 4.93. The van der Waals surface area contributed by atoms with E-state index in [2.05, 4.69) is 21.2 Å². The zero-order valence-corrected chi connectivity index (χ0v) is 10.8. The molecule has 16 heavy (non-hydrogen) atoms. The summed E-state index contributed by atoms with van der Waals surface area (Å²) < 4.78 is 0.572. The van der Waals surface area contributed by atoms with Crippen LogP contribution in [0.4, 0.5) is 0 Å². The first kappa shape index (κ1) is 11.7. The molecule has 0 unspecified atom stereocenters. The number of alkyl halides is 1. The van der Waals surface area contributed by atoms with Crippen LogP contribution in [0.25, 0.3) is 0 Å². The molecule has 0 bridgehead atoms. The van der Waals surface area contributed by atoms with Gasteiger partial charge in [-0.15, -0.1) is 11.6 Å². The number of nitrogens with one attached hydrogen (secondary N) is 1. The Morgan fingerprint density at radius 2 is 2.25 bits per heavy atom. The Kier molecular flexibility index (Phi) is 3.13. The maximum Gasteiger partial charge on any atom is 0.251 e. The second-order valence-corrected chi connectivity index (χ2v) is 5.16. The molecule has 86 valence electrons. The fourth-order valence-corrected chi connectivity index (χ4v) is 1.99. The van der Waals surface area contributed by atoms with Crippen LogP contribution in [-0.4, -0.2) is 22.4 Å². The summed E-state index contributed by atoms with van der Waals surface area (Å²) >= 11 is 8.94. The van der Waals surface area contributed by atoms with Crippen LogP contribution in [0.15, 0.2) is 22.7 Å². The highest BCUT2D eigenvalue weighted by atomic mass is 79.9. The number of amides is 1. The number of carbonyl (C=O) groups is 1. The third kappa shape index (κ3) is 2.33. The largest absolute Gasteiger partial charge is 0.507 e. The molecule has 1 fully saturated rings. The lowest BCUT2D eigenvalue weighted by Gasteiger charge is -2.14. The fourth-order valence-electron chi connectivity index (χ4n) is 1.41. The molecule has 0 aliphatic heterocycles. The lowest BCUT2D eigenvalue weighted by Crippen LogP contribution is -2.38. The van der Waals surface area contributed by atoms with E-state index in [-0.39, 0.29) is 17.2 Å². The Balaban J connectivity index is 2.12. The maximum atomic E-state index is 11.8. The quantitative estimate of drug-likeness (QED) is 0.844. The highest BCUT2D eigenvalue weighted by molar-refractivity contribution is 9.10. The number of rotatable bonds is 3. The molecule has 0 aromatic heterocycles. The molecular weight excluding hydrogens is 293 g/mol. The van der Waals surface area contributed by atoms with Gasteiger partial charge in [0, 0.05) is 11.4 Å². The van der Waals surface area contributed by atoms with E-state index in [0.29, 0.717) is 15.9 Å². The summed E-state index contributed by atoms with van der Waals surface area (Å²) in [6.45, 7) is 0. The zero-order valence-electron chi connectivity index (χ0n) is 8.46. The number of aromatic hydroxyl groups is 1. The average Bonchev–Trinajstić information content (AvgIpc) is 3.02. The van der Waals surface area contributed by atoms with E-state index in [1.54, 1.807) is 12.1 Å². The Labute approximate surface area is 107 Å². The van der Waals surface area contributed by atoms with Gasteiger partial charge in [0.2, 0.25) is 0 Å². The van der Waals surface area contributed by atoms with Crippen molar-refractivity contribution in [2.75, 3.05) is 5.88 Å². The molecule has 5 heteroatoms. The summed E-state index contributed by atoms with van der Waals surface area (Å²) in [6, 6.07) is 4.73. The molecule has 2 N–H and O–H groups in total. The molecule has 0 saturated heterocycles. The molecule has 3 nitrogen and oxygen atoms in total. The van der Waals surface area contributed by atoms with Crippen LogP contribution in [0.1, 0.15) is 23.2 Å². The van der Waals surface area contributed by atoms with Crippen molar-refractivity contribution in [1.82, 2.24) is 5.32 Å². The Morgan fingerprint density at radius 3 is 2.75 bits per heavy atom. The molecule has 0 radical (unpaired) electrons. The van der Waals surface area contributed by atoms with E-state index < -0.39 is 0 Å². The first-order valence-corrected chi connectivity index (χ1v) is 6.26. The monoisotopic (exact) mass is 303 g/mol. The summed E-state index contributed by atoms with van der Waals surface area (Å²) in [5, 5.41) is 12.3. The van der Waals surface area contributed by atoms with Gasteiger partial charge in [0.15, 0.2) is 0 Å². The highest BCUT2D eigenvalue weighted by Gasteiger charge is 2.43. The maximum absolute atomic E-state index is 11.8. The van der Waals surface area contributed by atoms with Crippen molar-refractivity contribution in [3.63, 3.8) is 0 Å². The highest BCUT2D eigenvalue weighted by Crippen LogP contribution is 2.36. The lowest BCUT2D eigenvalue weighted by atomic mass is 10.2. The van der Waals surface area contributed by atoms with Crippen LogP contribution in [0, 0.1) is 0 Å². The summed E-state index contributed by atoms with van der Waals surface area (Å²) in [5.74, 6) is 0.297. The van der Waals surface area contributed by atoms with Gasteiger partial charge >= 0.3 is 0 Å². The number of phenols is 1. The van der Waals surface area contributed by atoms with Crippen molar-refractivity contribution in [1.29, 1.82) is 0 Å².